The van der Waals surface area contributed by atoms with Crippen molar-refractivity contribution in [1.29, 1.82) is 0 Å². The molecule has 2 heterocycles. The van der Waals surface area contributed by atoms with Crippen LogP contribution in [-0.2, 0) is 6.54 Å². The molecule has 0 atom stereocenters. The van der Waals surface area contributed by atoms with E-state index >= 15 is 0 Å². The number of para-hydroxylation sites is 1. The van der Waals surface area contributed by atoms with E-state index in [0.717, 1.165) is 20.8 Å². The molecular formula is C20H20N2OS3. The number of thiazole rings is 1. The summed E-state index contributed by atoms with van der Waals surface area (Å²) in [7, 11) is 1.84. The van der Waals surface area contributed by atoms with Crippen molar-refractivity contribution in [2.24, 2.45) is 0 Å². The Balaban J connectivity index is 1.44. The van der Waals surface area contributed by atoms with E-state index in [1.165, 1.54) is 23.5 Å². The Kier molecular flexibility index (Phi) is 5.52. The number of fused-ring (bicyclic) bond motifs is 1. The molecule has 0 N–H and O–H groups in total. The maximum absolute atomic E-state index is 12.7. The van der Waals surface area contributed by atoms with Crippen LogP contribution in [-0.4, -0.2) is 34.3 Å². The highest BCUT2D eigenvalue weighted by molar-refractivity contribution is 8.16. The molecule has 0 bridgehead atoms. The number of hydrogen-bond acceptors (Lipinski definition) is 5. The van der Waals surface area contributed by atoms with Gasteiger partial charge in [0.2, 0.25) is 0 Å². The average molecular weight is 401 g/mol. The van der Waals surface area contributed by atoms with Gasteiger partial charge in [0, 0.05) is 12.6 Å². The first kappa shape index (κ1) is 17.9. The predicted molar refractivity (Wildman–Crippen MR) is 114 cm³/mol. The second-order valence-electron chi connectivity index (χ2n) is 6.29. The van der Waals surface area contributed by atoms with Crippen molar-refractivity contribution in [3.8, 4) is 0 Å². The van der Waals surface area contributed by atoms with E-state index in [1.807, 2.05) is 60.9 Å². The largest absolute Gasteiger partial charge is 0.335 e. The van der Waals surface area contributed by atoms with Gasteiger partial charge in [-0.25, -0.2) is 4.98 Å². The zero-order valence-corrected chi connectivity index (χ0v) is 17.0. The van der Waals surface area contributed by atoms with Gasteiger partial charge in [-0.2, -0.15) is 0 Å². The van der Waals surface area contributed by atoms with Crippen LogP contribution in [0, 0.1) is 0 Å². The van der Waals surface area contributed by atoms with Gasteiger partial charge < -0.3 is 4.90 Å². The van der Waals surface area contributed by atoms with Crippen LogP contribution in [0.4, 0.5) is 0 Å². The zero-order valence-electron chi connectivity index (χ0n) is 14.6. The highest BCUT2D eigenvalue weighted by Gasteiger charge is 2.18. The topological polar surface area (TPSA) is 33.2 Å². The van der Waals surface area contributed by atoms with Gasteiger partial charge in [-0.1, -0.05) is 24.3 Å². The van der Waals surface area contributed by atoms with Crippen LogP contribution in [0.25, 0.3) is 10.2 Å². The molecule has 3 aromatic rings. The minimum absolute atomic E-state index is 0.0414. The third kappa shape index (κ3) is 3.92. The molecule has 0 saturated carbocycles. The van der Waals surface area contributed by atoms with Crippen molar-refractivity contribution < 1.29 is 4.79 Å². The summed E-state index contributed by atoms with van der Waals surface area (Å²) in [5, 5.41) is 0.966. The second kappa shape index (κ2) is 8.03. The summed E-state index contributed by atoms with van der Waals surface area (Å²) in [6.45, 7) is 0.536. The fraction of sp³-hybridized carbons (Fsp3) is 0.300. The summed E-state index contributed by atoms with van der Waals surface area (Å²) in [6, 6.07) is 16.2. The number of rotatable bonds is 4. The van der Waals surface area contributed by atoms with Crippen LogP contribution in [0.15, 0.2) is 48.5 Å². The molecule has 1 aliphatic heterocycles. The summed E-state index contributed by atoms with van der Waals surface area (Å²) in [5.41, 5.74) is 3.05. The molecule has 0 aliphatic carbocycles. The molecule has 1 amide bonds. The van der Waals surface area contributed by atoms with E-state index < -0.39 is 0 Å². The number of hydrogen-bond donors (Lipinski definition) is 0. The first-order valence-electron chi connectivity index (χ1n) is 8.64. The third-order valence-corrected chi connectivity index (χ3v) is 8.35. The van der Waals surface area contributed by atoms with Crippen molar-refractivity contribution in [2.75, 3.05) is 18.6 Å². The predicted octanol–water partition coefficient (Wildman–Crippen LogP) is 5.44. The van der Waals surface area contributed by atoms with Gasteiger partial charge in [-0.15, -0.1) is 34.9 Å². The number of carbonyl (C=O) groups excluding carboxylic acids is 1. The minimum atomic E-state index is 0.0414. The first-order chi connectivity index (χ1) is 12.7. The normalized spacial score (nSPS) is 15.3. The standard InChI is InChI=1S/C20H20N2OS3/c1-22(13-18-21-16-5-2-3-6-17(16)26-18)19(23)14-7-9-15(10-8-14)20-24-11-4-12-25-20/h2-3,5-10,20H,4,11-13H2,1H3. The molecule has 0 spiro atoms. The summed E-state index contributed by atoms with van der Waals surface area (Å²) in [4.78, 5) is 19.1. The Hall–Kier alpha value is -1.50. The van der Waals surface area contributed by atoms with E-state index in [1.54, 1.807) is 16.2 Å². The molecule has 1 aromatic heterocycles. The van der Waals surface area contributed by atoms with Crippen molar-refractivity contribution in [2.45, 2.75) is 17.5 Å². The van der Waals surface area contributed by atoms with Gasteiger partial charge >= 0.3 is 0 Å². The monoisotopic (exact) mass is 400 g/mol. The number of thioether (sulfide) groups is 2. The molecule has 1 aliphatic rings. The number of amides is 1. The number of carbonyl (C=O) groups is 1. The average Bonchev–Trinajstić information content (AvgIpc) is 3.10. The van der Waals surface area contributed by atoms with Gasteiger partial charge in [0.1, 0.15) is 5.01 Å². The zero-order chi connectivity index (χ0) is 17.9. The maximum atomic E-state index is 12.7. The molecule has 0 radical (unpaired) electrons. The molecule has 2 aromatic carbocycles. The van der Waals surface area contributed by atoms with Crippen LogP contribution in [0.5, 0.6) is 0 Å². The van der Waals surface area contributed by atoms with E-state index in [-0.39, 0.29) is 5.91 Å². The Bertz CT molecular complexity index is 868. The number of aromatic nitrogens is 1. The quantitative estimate of drug-likeness (QED) is 0.584. The number of benzene rings is 2. The van der Waals surface area contributed by atoms with Gasteiger partial charge in [0.15, 0.2) is 0 Å². The summed E-state index contributed by atoms with van der Waals surface area (Å²) >= 11 is 5.65. The molecule has 134 valence electrons. The lowest BCUT2D eigenvalue weighted by molar-refractivity contribution is 0.0785. The van der Waals surface area contributed by atoms with Crippen LogP contribution in [0.2, 0.25) is 0 Å². The molecule has 4 rings (SSSR count). The lowest BCUT2D eigenvalue weighted by atomic mass is 10.1. The highest BCUT2D eigenvalue weighted by atomic mass is 32.2. The minimum Gasteiger partial charge on any atom is -0.335 e. The molecule has 0 unspecified atom stereocenters. The van der Waals surface area contributed by atoms with Crippen LogP contribution in [0.1, 0.15) is 31.9 Å². The van der Waals surface area contributed by atoms with Gasteiger partial charge in [0.25, 0.3) is 5.91 Å². The number of nitrogens with zero attached hydrogens (tertiary/aromatic N) is 2. The summed E-state index contributed by atoms with van der Waals surface area (Å²) in [6.07, 6.45) is 1.29. The lowest BCUT2D eigenvalue weighted by Crippen LogP contribution is -2.26. The van der Waals surface area contributed by atoms with Crippen LogP contribution >= 0.6 is 34.9 Å². The van der Waals surface area contributed by atoms with E-state index in [4.69, 9.17) is 0 Å². The fourth-order valence-electron chi connectivity index (χ4n) is 2.95. The Morgan fingerprint density at radius 3 is 2.58 bits per heavy atom. The van der Waals surface area contributed by atoms with Crippen LogP contribution in [0.3, 0.4) is 0 Å². The maximum Gasteiger partial charge on any atom is 0.253 e. The molecule has 1 fully saturated rings. The van der Waals surface area contributed by atoms with E-state index in [0.29, 0.717) is 11.1 Å². The molecule has 3 nitrogen and oxygen atoms in total. The second-order valence-corrected chi connectivity index (χ2v) is 10.1. The first-order valence-corrected chi connectivity index (χ1v) is 11.6. The Morgan fingerprint density at radius 1 is 1.12 bits per heavy atom. The molecular weight excluding hydrogens is 380 g/mol. The van der Waals surface area contributed by atoms with Crippen molar-refractivity contribution >= 4 is 51.0 Å². The highest BCUT2D eigenvalue weighted by Crippen LogP contribution is 2.43. The summed E-state index contributed by atoms with van der Waals surface area (Å²) in [5.74, 6) is 2.49. The van der Waals surface area contributed by atoms with E-state index in [2.05, 4.69) is 23.2 Å². The Morgan fingerprint density at radius 2 is 1.85 bits per heavy atom. The van der Waals surface area contributed by atoms with E-state index in [9.17, 15) is 4.79 Å². The van der Waals surface area contributed by atoms with Crippen LogP contribution < -0.4 is 0 Å². The Labute approximate surface area is 166 Å². The molecule has 26 heavy (non-hydrogen) atoms. The van der Waals surface area contributed by atoms with Crippen molar-refractivity contribution in [1.82, 2.24) is 9.88 Å². The third-order valence-electron chi connectivity index (χ3n) is 4.31. The van der Waals surface area contributed by atoms with Crippen molar-refractivity contribution in [3.05, 3.63) is 64.7 Å². The van der Waals surface area contributed by atoms with Gasteiger partial charge in [-0.05, 0) is 47.8 Å². The summed E-state index contributed by atoms with van der Waals surface area (Å²) < 4.78 is 1.67. The van der Waals surface area contributed by atoms with Gasteiger partial charge in [-0.3, -0.25) is 4.79 Å². The fourth-order valence-corrected chi connectivity index (χ4v) is 6.86. The van der Waals surface area contributed by atoms with Crippen molar-refractivity contribution in [3.63, 3.8) is 0 Å². The molecule has 1 saturated heterocycles. The lowest BCUT2D eigenvalue weighted by Gasteiger charge is -2.21. The smallest absolute Gasteiger partial charge is 0.253 e. The SMILES string of the molecule is CN(Cc1nc2ccccc2s1)C(=O)c1ccc(C2SCCCS2)cc1. The van der Waals surface area contributed by atoms with Gasteiger partial charge in [0.05, 0.1) is 21.3 Å². The molecule has 6 heteroatoms.